The van der Waals surface area contributed by atoms with E-state index in [4.69, 9.17) is 4.74 Å². The van der Waals surface area contributed by atoms with Gasteiger partial charge in [-0.25, -0.2) is 0 Å². The Morgan fingerprint density at radius 2 is 1.85 bits per heavy atom. The van der Waals surface area contributed by atoms with Crippen LogP contribution in [0.1, 0.15) is 36.4 Å². The number of anilines is 1. The Kier molecular flexibility index (Phi) is 7.22. The molecule has 2 amide bonds. The molecule has 0 aliphatic heterocycles. The minimum Gasteiger partial charge on any atom is -0.456 e. The molecule has 0 spiro atoms. The molecule has 26 heavy (non-hydrogen) atoms. The second-order valence-electron chi connectivity index (χ2n) is 5.53. The van der Waals surface area contributed by atoms with Gasteiger partial charge in [-0.1, -0.05) is 41.7 Å². The van der Waals surface area contributed by atoms with E-state index >= 15 is 0 Å². The molecule has 138 valence electrons. The second-order valence-corrected chi connectivity index (χ2v) is 6.72. The number of carbonyl (C=O) groups excluding carboxylic acids is 3. The SMILES string of the molecule is Cc1nnc(NC(=O)CCC(=O)OCC(=O)N[C@@H](C)c2ccccc2)s1. The van der Waals surface area contributed by atoms with Crippen LogP contribution in [0.5, 0.6) is 0 Å². The highest BCUT2D eigenvalue weighted by molar-refractivity contribution is 7.15. The van der Waals surface area contributed by atoms with Crippen LogP contribution in [0.15, 0.2) is 30.3 Å². The highest BCUT2D eigenvalue weighted by Gasteiger charge is 2.13. The molecular weight excluding hydrogens is 356 g/mol. The van der Waals surface area contributed by atoms with Crippen molar-refractivity contribution in [3.8, 4) is 0 Å². The van der Waals surface area contributed by atoms with E-state index < -0.39 is 11.9 Å². The summed E-state index contributed by atoms with van der Waals surface area (Å²) in [6.07, 6.45) is -0.176. The molecule has 1 aromatic heterocycles. The summed E-state index contributed by atoms with van der Waals surface area (Å²) < 4.78 is 4.89. The molecule has 8 nitrogen and oxygen atoms in total. The molecular formula is C17H20N4O4S. The van der Waals surface area contributed by atoms with Crippen molar-refractivity contribution >= 4 is 34.3 Å². The minimum atomic E-state index is -0.615. The van der Waals surface area contributed by atoms with Gasteiger partial charge in [0.1, 0.15) is 5.01 Å². The van der Waals surface area contributed by atoms with Crippen molar-refractivity contribution in [3.05, 3.63) is 40.9 Å². The Hall–Kier alpha value is -2.81. The first-order chi connectivity index (χ1) is 12.4. The molecule has 0 bridgehead atoms. The van der Waals surface area contributed by atoms with E-state index in [1.165, 1.54) is 11.3 Å². The smallest absolute Gasteiger partial charge is 0.306 e. The summed E-state index contributed by atoms with van der Waals surface area (Å²) in [7, 11) is 0. The molecule has 0 aliphatic rings. The Morgan fingerprint density at radius 1 is 1.12 bits per heavy atom. The first-order valence-corrected chi connectivity index (χ1v) is 8.85. The van der Waals surface area contributed by atoms with Gasteiger partial charge in [-0.05, 0) is 19.4 Å². The summed E-state index contributed by atoms with van der Waals surface area (Å²) in [6.45, 7) is 3.23. The van der Waals surface area contributed by atoms with Gasteiger partial charge in [0.2, 0.25) is 11.0 Å². The standard InChI is InChI=1S/C17H20N4O4S/c1-11(13-6-4-3-5-7-13)18-15(23)10-25-16(24)9-8-14(22)19-17-21-20-12(2)26-17/h3-7,11H,8-10H2,1-2H3,(H,18,23)(H,19,21,22)/t11-/m0/s1. The third kappa shape index (κ3) is 6.60. The molecule has 2 rings (SSSR count). The van der Waals surface area contributed by atoms with Gasteiger partial charge in [0.15, 0.2) is 6.61 Å². The Labute approximate surface area is 155 Å². The van der Waals surface area contributed by atoms with E-state index in [-0.39, 0.29) is 31.4 Å². The largest absolute Gasteiger partial charge is 0.456 e. The number of amides is 2. The first kappa shape index (κ1) is 19.5. The number of hydrogen-bond donors (Lipinski definition) is 2. The highest BCUT2D eigenvalue weighted by atomic mass is 32.1. The van der Waals surface area contributed by atoms with Crippen LogP contribution in [0.3, 0.4) is 0 Å². The molecule has 1 heterocycles. The van der Waals surface area contributed by atoms with Crippen molar-refractivity contribution in [3.63, 3.8) is 0 Å². The predicted molar refractivity (Wildman–Crippen MR) is 96.5 cm³/mol. The molecule has 0 unspecified atom stereocenters. The fourth-order valence-electron chi connectivity index (χ4n) is 2.07. The molecule has 0 saturated carbocycles. The molecule has 0 fully saturated rings. The Balaban J connectivity index is 1.64. The molecule has 1 aromatic carbocycles. The van der Waals surface area contributed by atoms with Gasteiger partial charge in [-0.15, -0.1) is 10.2 Å². The lowest BCUT2D eigenvalue weighted by atomic mass is 10.1. The number of benzene rings is 1. The van der Waals surface area contributed by atoms with Crippen LogP contribution >= 0.6 is 11.3 Å². The lowest BCUT2D eigenvalue weighted by molar-refractivity contribution is -0.149. The van der Waals surface area contributed by atoms with E-state index in [1.807, 2.05) is 37.3 Å². The Morgan fingerprint density at radius 3 is 2.50 bits per heavy atom. The van der Waals surface area contributed by atoms with Gasteiger partial charge >= 0.3 is 5.97 Å². The van der Waals surface area contributed by atoms with Gasteiger partial charge < -0.3 is 15.4 Å². The van der Waals surface area contributed by atoms with E-state index in [0.717, 1.165) is 10.6 Å². The lowest BCUT2D eigenvalue weighted by Gasteiger charge is -2.14. The van der Waals surface area contributed by atoms with Crippen LogP contribution < -0.4 is 10.6 Å². The monoisotopic (exact) mass is 376 g/mol. The van der Waals surface area contributed by atoms with Gasteiger partial charge in [0, 0.05) is 6.42 Å². The van der Waals surface area contributed by atoms with E-state index in [0.29, 0.717) is 5.13 Å². The van der Waals surface area contributed by atoms with Crippen molar-refractivity contribution in [2.24, 2.45) is 0 Å². The van der Waals surface area contributed by atoms with Gasteiger partial charge in [-0.2, -0.15) is 0 Å². The topological polar surface area (TPSA) is 110 Å². The maximum absolute atomic E-state index is 11.8. The number of aromatic nitrogens is 2. The van der Waals surface area contributed by atoms with Crippen LogP contribution in [0.25, 0.3) is 0 Å². The van der Waals surface area contributed by atoms with Gasteiger partial charge in [0.25, 0.3) is 5.91 Å². The van der Waals surface area contributed by atoms with E-state index in [2.05, 4.69) is 20.8 Å². The number of rotatable bonds is 8. The fourth-order valence-corrected chi connectivity index (χ4v) is 2.68. The summed E-state index contributed by atoms with van der Waals surface area (Å²) in [6, 6.07) is 9.26. The second kappa shape index (κ2) is 9.62. The number of carbonyl (C=O) groups is 3. The van der Waals surface area contributed by atoms with Crippen LogP contribution in [-0.4, -0.2) is 34.6 Å². The highest BCUT2D eigenvalue weighted by Crippen LogP contribution is 2.14. The molecule has 1 atom stereocenters. The van der Waals surface area contributed by atoms with Gasteiger partial charge in [0.05, 0.1) is 12.5 Å². The van der Waals surface area contributed by atoms with Crippen LogP contribution in [0, 0.1) is 6.92 Å². The van der Waals surface area contributed by atoms with Crippen LogP contribution in [0.4, 0.5) is 5.13 Å². The number of aryl methyl sites for hydroxylation is 1. The summed E-state index contributed by atoms with van der Waals surface area (Å²) in [4.78, 5) is 35.2. The molecule has 0 saturated heterocycles. The molecule has 2 N–H and O–H groups in total. The van der Waals surface area contributed by atoms with Crippen molar-refractivity contribution < 1.29 is 19.1 Å². The van der Waals surface area contributed by atoms with Crippen LogP contribution in [0.2, 0.25) is 0 Å². The van der Waals surface area contributed by atoms with E-state index in [9.17, 15) is 14.4 Å². The summed E-state index contributed by atoms with van der Waals surface area (Å²) in [5.41, 5.74) is 0.954. The van der Waals surface area contributed by atoms with Crippen LogP contribution in [-0.2, 0) is 19.1 Å². The summed E-state index contributed by atoms with van der Waals surface area (Å²) in [5.74, 6) is -1.38. The third-order valence-electron chi connectivity index (χ3n) is 3.37. The first-order valence-electron chi connectivity index (χ1n) is 8.04. The number of hydrogen-bond acceptors (Lipinski definition) is 7. The lowest BCUT2D eigenvalue weighted by Crippen LogP contribution is -2.31. The number of ether oxygens (including phenoxy) is 1. The predicted octanol–water partition coefficient (Wildman–Crippen LogP) is 1.99. The Bertz CT molecular complexity index is 763. The van der Waals surface area contributed by atoms with E-state index in [1.54, 1.807) is 6.92 Å². The number of esters is 1. The molecule has 9 heteroatoms. The summed E-state index contributed by atoms with van der Waals surface area (Å²) in [5, 5.41) is 13.9. The quantitative estimate of drug-likeness (QED) is 0.682. The zero-order valence-electron chi connectivity index (χ0n) is 14.5. The van der Waals surface area contributed by atoms with Crippen molar-refractivity contribution in [2.45, 2.75) is 32.7 Å². The maximum Gasteiger partial charge on any atom is 0.306 e. The normalized spacial score (nSPS) is 11.5. The average Bonchev–Trinajstić information content (AvgIpc) is 3.03. The van der Waals surface area contributed by atoms with Crippen molar-refractivity contribution in [1.29, 1.82) is 0 Å². The zero-order chi connectivity index (χ0) is 18.9. The minimum absolute atomic E-state index is 0.0561. The number of nitrogens with zero attached hydrogens (tertiary/aromatic N) is 2. The number of nitrogens with one attached hydrogen (secondary N) is 2. The maximum atomic E-state index is 11.8. The summed E-state index contributed by atoms with van der Waals surface area (Å²) >= 11 is 1.24. The average molecular weight is 376 g/mol. The molecule has 0 radical (unpaired) electrons. The third-order valence-corrected chi connectivity index (χ3v) is 4.12. The zero-order valence-corrected chi connectivity index (χ0v) is 15.3. The van der Waals surface area contributed by atoms with Gasteiger partial charge in [-0.3, -0.25) is 14.4 Å². The van der Waals surface area contributed by atoms with Crippen molar-refractivity contribution in [2.75, 3.05) is 11.9 Å². The molecule has 2 aromatic rings. The molecule has 0 aliphatic carbocycles. The fraction of sp³-hybridized carbons (Fsp3) is 0.353. The van der Waals surface area contributed by atoms with Crippen molar-refractivity contribution in [1.82, 2.24) is 15.5 Å².